The fourth-order valence-electron chi connectivity index (χ4n) is 1.29. The summed E-state index contributed by atoms with van der Waals surface area (Å²) < 4.78 is 0.729. The number of nitrogens with one attached hydrogen (secondary N) is 1. The molecule has 1 fully saturated rings. The number of carbonyl (C=O) groups excluding carboxylic acids is 1. The summed E-state index contributed by atoms with van der Waals surface area (Å²) in [5.74, 6) is -0.0528. The van der Waals surface area contributed by atoms with Gasteiger partial charge in [0.1, 0.15) is 5.75 Å². The lowest BCUT2D eigenvalue weighted by Gasteiger charge is -2.04. The van der Waals surface area contributed by atoms with Crippen molar-refractivity contribution in [3.05, 3.63) is 27.3 Å². The van der Waals surface area contributed by atoms with Crippen LogP contribution in [0.2, 0.25) is 0 Å². The molecule has 2 unspecified atom stereocenters. The molecule has 4 nitrogen and oxygen atoms in total. The molecule has 1 aromatic carbocycles. The van der Waals surface area contributed by atoms with E-state index in [1.807, 2.05) is 22.6 Å². The summed E-state index contributed by atoms with van der Waals surface area (Å²) in [7, 11) is 0. The van der Waals surface area contributed by atoms with Crippen molar-refractivity contribution in [2.45, 2.75) is 18.5 Å². The SMILES string of the molecule is NC1CC1NC(=O)c1ccc(I)c(O)c1. The highest BCUT2D eigenvalue weighted by Gasteiger charge is 2.34. The van der Waals surface area contributed by atoms with Crippen molar-refractivity contribution >= 4 is 28.5 Å². The number of aromatic hydroxyl groups is 1. The molecule has 1 amide bonds. The molecule has 4 N–H and O–H groups in total. The van der Waals surface area contributed by atoms with Crippen molar-refractivity contribution in [3.63, 3.8) is 0 Å². The third-order valence-corrected chi connectivity index (χ3v) is 3.28. The van der Waals surface area contributed by atoms with Crippen LogP contribution in [0.4, 0.5) is 0 Å². The molecule has 0 radical (unpaired) electrons. The summed E-state index contributed by atoms with van der Waals surface area (Å²) in [6.45, 7) is 0. The molecular formula is C10H11IN2O2. The van der Waals surface area contributed by atoms with Gasteiger partial charge in [-0.15, -0.1) is 0 Å². The Morgan fingerprint density at radius 3 is 2.80 bits per heavy atom. The van der Waals surface area contributed by atoms with Crippen molar-refractivity contribution < 1.29 is 9.90 Å². The van der Waals surface area contributed by atoms with Gasteiger partial charge in [-0.1, -0.05) is 0 Å². The van der Waals surface area contributed by atoms with Gasteiger partial charge in [-0.05, 0) is 47.2 Å². The zero-order valence-electron chi connectivity index (χ0n) is 7.90. The van der Waals surface area contributed by atoms with E-state index in [4.69, 9.17) is 5.73 Å². The zero-order chi connectivity index (χ0) is 11.0. The number of hydrogen-bond donors (Lipinski definition) is 3. The smallest absolute Gasteiger partial charge is 0.251 e. The summed E-state index contributed by atoms with van der Waals surface area (Å²) >= 11 is 2.00. The summed E-state index contributed by atoms with van der Waals surface area (Å²) in [5.41, 5.74) is 6.05. The van der Waals surface area contributed by atoms with Crippen LogP contribution in [0.3, 0.4) is 0 Å². The average molecular weight is 318 g/mol. The highest BCUT2D eigenvalue weighted by atomic mass is 127. The van der Waals surface area contributed by atoms with Crippen LogP contribution in [0, 0.1) is 3.57 Å². The first-order valence-electron chi connectivity index (χ1n) is 4.63. The van der Waals surface area contributed by atoms with E-state index in [0.717, 1.165) is 9.99 Å². The molecular weight excluding hydrogens is 307 g/mol. The van der Waals surface area contributed by atoms with Crippen LogP contribution in [0.1, 0.15) is 16.8 Å². The van der Waals surface area contributed by atoms with Crippen LogP contribution < -0.4 is 11.1 Å². The molecule has 1 saturated carbocycles. The van der Waals surface area contributed by atoms with Gasteiger partial charge < -0.3 is 16.2 Å². The third-order valence-electron chi connectivity index (χ3n) is 2.36. The molecule has 0 spiro atoms. The predicted octanol–water partition coefficient (Wildman–Crippen LogP) is 0.826. The van der Waals surface area contributed by atoms with Crippen molar-refractivity contribution in [1.82, 2.24) is 5.32 Å². The first kappa shape index (κ1) is 10.7. The molecule has 1 aromatic rings. The van der Waals surface area contributed by atoms with Gasteiger partial charge in [0.25, 0.3) is 5.91 Å². The molecule has 15 heavy (non-hydrogen) atoms. The maximum atomic E-state index is 11.6. The van der Waals surface area contributed by atoms with Gasteiger partial charge in [0.2, 0.25) is 0 Å². The number of phenols is 1. The van der Waals surface area contributed by atoms with Crippen molar-refractivity contribution in [2.75, 3.05) is 0 Å². The van der Waals surface area contributed by atoms with Crippen molar-refractivity contribution in [3.8, 4) is 5.75 Å². The summed E-state index contributed by atoms with van der Waals surface area (Å²) in [4.78, 5) is 11.6. The lowest BCUT2D eigenvalue weighted by molar-refractivity contribution is 0.0950. The Morgan fingerprint density at radius 2 is 2.27 bits per heavy atom. The van der Waals surface area contributed by atoms with Crippen LogP contribution in [0.25, 0.3) is 0 Å². The van der Waals surface area contributed by atoms with Gasteiger partial charge in [-0.3, -0.25) is 4.79 Å². The first-order chi connectivity index (χ1) is 7.08. The minimum Gasteiger partial charge on any atom is -0.507 e. The van der Waals surface area contributed by atoms with Gasteiger partial charge in [0.05, 0.1) is 3.57 Å². The van der Waals surface area contributed by atoms with Crippen molar-refractivity contribution in [2.24, 2.45) is 5.73 Å². The van der Waals surface area contributed by atoms with Gasteiger partial charge >= 0.3 is 0 Å². The van der Waals surface area contributed by atoms with Crippen LogP contribution in [-0.4, -0.2) is 23.1 Å². The van der Waals surface area contributed by atoms with E-state index >= 15 is 0 Å². The Hall–Kier alpha value is -0.820. The lowest BCUT2D eigenvalue weighted by atomic mass is 10.2. The van der Waals surface area contributed by atoms with E-state index < -0.39 is 0 Å². The normalized spacial score (nSPS) is 23.6. The Balaban J connectivity index is 2.08. The number of nitrogens with two attached hydrogens (primary N) is 1. The monoisotopic (exact) mass is 318 g/mol. The molecule has 1 aliphatic carbocycles. The molecule has 0 heterocycles. The quantitative estimate of drug-likeness (QED) is 0.707. The summed E-state index contributed by atoms with van der Waals surface area (Å²) in [5, 5.41) is 12.2. The number of phenolic OH excluding ortho intramolecular Hbond substituents is 1. The minimum absolute atomic E-state index is 0.0893. The second kappa shape index (κ2) is 3.97. The van der Waals surface area contributed by atoms with E-state index in [0.29, 0.717) is 5.56 Å². The molecule has 0 aromatic heterocycles. The number of amides is 1. The largest absolute Gasteiger partial charge is 0.507 e. The Kier molecular flexibility index (Phi) is 2.83. The standard InChI is InChI=1S/C10H11IN2O2/c11-6-2-1-5(3-9(6)14)10(15)13-8-4-7(8)12/h1-3,7-8,14H,4,12H2,(H,13,15). The highest BCUT2D eigenvalue weighted by molar-refractivity contribution is 14.1. The van der Waals surface area contributed by atoms with Gasteiger partial charge in [-0.25, -0.2) is 0 Å². The number of hydrogen-bond acceptors (Lipinski definition) is 3. The molecule has 0 saturated heterocycles. The number of halogens is 1. The molecule has 2 rings (SSSR count). The fourth-order valence-corrected chi connectivity index (χ4v) is 1.62. The third kappa shape index (κ3) is 2.40. The van der Waals surface area contributed by atoms with Crippen LogP contribution in [-0.2, 0) is 0 Å². The minimum atomic E-state index is -0.181. The first-order valence-corrected chi connectivity index (χ1v) is 5.71. The fraction of sp³-hybridized carbons (Fsp3) is 0.300. The molecule has 0 bridgehead atoms. The molecule has 5 heteroatoms. The molecule has 80 valence electrons. The Labute approximate surface area is 101 Å². The molecule has 2 atom stereocenters. The number of benzene rings is 1. The molecule has 1 aliphatic rings. The second-order valence-corrected chi connectivity index (χ2v) is 4.81. The van der Waals surface area contributed by atoms with Gasteiger partial charge in [-0.2, -0.15) is 0 Å². The van der Waals surface area contributed by atoms with Crippen LogP contribution in [0.15, 0.2) is 18.2 Å². The average Bonchev–Trinajstić information content (AvgIpc) is 2.86. The van der Waals surface area contributed by atoms with E-state index in [-0.39, 0.29) is 23.7 Å². The second-order valence-electron chi connectivity index (χ2n) is 3.65. The van der Waals surface area contributed by atoms with Crippen LogP contribution in [0.5, 0.6) is 5.75 Å². The highest BCUT2D eigenvalue weighted by Crippen LogP contribution is 2.22. The van der Waals surface area contributed by atoms with E-state index in [1.54, 1.807) is 12.1 Å². The van der Waals surface area contributed by atoms with Crippen LogP contribution >= 0.6 is 22.6 Å². The molecule has 0 aliphatic heterocycles. The topological polar surface area (TPSA) is 75.3 Å². The van der Waals surface area contributed by atoms with E-state index in [2.05, 4.69) is 5.32 Å². The Morgan fingerprint density at radius 1 is 1.60 bits per heavy atom. The van der Waals surface area contributed by atoms with Gasteiger partial charge in [0, 0.05) is 17.6 Å². The maximum Gasteiger partial charge on any atom is 0.251 e. The zero-order valence-corrected chi connectivity index (χ0v) is 10.1. The van der Waals surface area contributed by atoms with Crippen molar-refractivity contribution in [1.29, 1.82) is 0 Å². The Bertz CT molecular complexity index is 408. The maximum absolute atomic E-state index is 11.6. The summed E-state index contributed by atoms with van der Waals surface area (Å²) in [6.07, 6.45) is 0.835. The van der Waals surface area contributed by atoms with Gasteiger partial charge in [0.15, 0.2) is 0 Å². The van der Waals surface area contributed by atoms with E-state index in [1.165, 1.54) is 6.07 Å². The predicted molar refractivity (Wildman–Crippen MR) is 64.7 cm³/mol. The number of carbonyl (C=O) groups is 1. The summed E-state index contributed by atoms with van der Waals surface area (Å²) in [6, 6.07) is 5.04. The van der Waals surface area contributed by atoms with E-state index in [9.17, 15) is 9.90 Å². The number of rotatable bonds is 2. The lowest BCUT2D eigenvalue weighted by Crippen LogP contribution is -2.29.